The maximum atomic E-state index is 6.00. The van der Waals surface area contributed by atoms with Gasteiger partial charge >= 0.3 is 0 Å². The highest BCUT2D eigenvalue weighted by molar-refractivity contribution is 6.31. The smallest absolute Gasteiger partial charge is 0.0495 e. The first-order chi connectivity index (χ1) is 7.16. The lowest BCUT2D eigenvalue weighted by atomic mass is 10.1. The molecule has 2 rings (SSSR count). The maximum Gasteiger partial charge on any atom is 0.0495 e. The number of fused-ring (bicyclic) bond motifs is 1. The molecule has 0 unspecified atom stereocenters. The summed E-state index contributed by atoms with van der Waals surface area (Å²) >= 11 is 6.00. The first-order valence-electron chi connectivity index (χ1n) is 5.41. The van der Waals surface area contributed by atoms with Crippen LogP contribution in [0.25, 0.3) is 10.9 Å². The average molecular weight is 222 g/mol. The molecule has 1 aromatic heterocycles. The molecule has 0 N–H and O–H groups in total. The molecule has 0 radical (unpaired) electrons. The summed E-state index contributed by atoms with van der Waals surface area (Å²) in [6.07, 6.45) is 3.35. The van der Waals surface area contributed by atoms with Crippen molar-refractivity contribution in [3.63, 3.8) is 0 Å². The number of hydrogen-bond donors (Lipinski definition) is 0. The van der Waals surface area contributed by atoms with Crippen LogP contribution in [0.4, 0.5) is 0 Å². The molecule has 1 aromatic carbocycles. The van der Waals surface area contributed by atoms with E-state index >= 15 is 0 Å². The standard InChI is InChI=1S/C13H16ClN/c1-10(2)5-7-15-8-6-11-3-4-12(14)9-13(11)15/h3-4,6,8-10H,5,7H2,1-2H3. The Bertz CT molecular complexity index is 457. The van der Waals surface area contributed by atoms with Crippen molar-refractivity contribution < 1.29 is 0 Å². The molecule has 0 atom stereocenters. The fourth-order valence-electron chi connectivity index (χ4n) is 1.75. The molecule has 0 aliphatic carbocycles. The molecule has 1 nitrogen and oxygen atoms in total. The van der Waals surface area contributed by atoms with Crippen molar-refractivity contribution in [2.45, 2.75) is 26.8 Å². The lowest BCUT2D eigenvalue weighted by Gasteiger charge is -2.07. The predicted molar refractivity (Wildman–Crippen MR) is 66.4 cm³/mol. The van der Waals surface area contributed by atoms with Crippen molar-refractivity contribution >= 4 is 22.5 Å². The molecule has 0 saturated carbocycles. The lowest BCUT2D eigenvalue weighted by molar-refractivity contribution is 0.524. The summed E-state index contributed by atoms with van der Waals surface area (Å²) in [6, 6.07) is 8.20. The van der Waals surface area contributed by atoms with E-state index in [-0.39, 0.29) is 0 Å². The van der Waals surface area contributed by atoms with Crippen molar-refractivity contribution in [3.8, 4) is 0 Å². The minimum atomic E-state index is 0.738. The quantitative estimate of drug-likeness (QED) is 0.727. The number of rotatable bonds is 3. The molecule has 0 amide bonds. The van der Waals surface area contributed by atoms with E-state index in [2.05, 4.69) is 36.7 Å². The van der Waals surface area contributed by atoms with Crippen molar-refractivity contribution in [2.75, 3.05) is 0 Å². The third kappa shape index (κ3) is 2.35. The van der Waals surface area contributed by atoms with Crippen LogP contribution in [0.15, 0.2) is 30.5 Å². The van der Waals surface area contributed by atoms with Gasteiger partial charge in [-0.15, -0.1) is 0 Å². The number of aryl methyl sites for hydroxylation is 1. The molecule has 15 heavy (non-hydrogen) atoms. The topological polar surface area (TPSA) is 4.93 Å². The molecule has 0 spiro atoms. The van der Waals surface area contributed by atoms with Crippen LogP contribution in [0.5, 0.6) is 0 Å². The molecule has 0 saturated heterocycles. The van der Waals surface area contributed by atoms with E-state index in [0.29, 0.717) is 0 Å². The largest absolute Gasteiger partial charge is 0.347 e. The zero-order chi connectivity index (χ0) is 10.8. The van der Waals surface area contributed by atoms with Gasteiger partial charge in [-0.1, -0.05) is 31.5 Å². The van der Waals surface area contributed by atoms with E-state index in [1.807, 2.05) is 12.1 Å². The van der Waals surface area contributed by atoms with Gasteiger partial charge in [-0.3, -0.25) is 0 Å². The van der Waals surface area contributed by atoms with Gasteiger partial charge in [-0.25, -0.2) is 0 Å². The first kappa shape index (κ1) is 10.6. The van der Waals surface area contributed by atoms with Crippen molar-refractivity contribution in [2.24, 2.45) is 5.92 Å². The van der Waals surface area contributed by atoms with Crippen molar-refractivity contribution in [1.29, 1.82) is 0 Å². The van der Waals surface area contributed by atoms with E-state index in [4.69, 9.17) is 11.6 Å². The summed E-state index contributed by atoms with van der Waals surface area (Å²) in [5, 5.41) is 2.08. The monoisotopic (exact) mass is 221 g/mol. The highest BCUT2D eigenvalue weighted by atomic mass is 35.5. The van der Waals surface area contributed by atoms with E-state index in [9.17, 15) is 0 Å². The fourth-order valence-corrected chi connectivity index (χ4v) is 1.92. The van der Waals surface area contributed by atoms with Crippen LogP contribution in [-0.4, -0.2) is 4.57 Å². The van der Waals surface area contributed by atoms with Gasteiger partial charge in [0, 0.05) is 23.3 Å². The molecule has 0 bridgehead atoms. The van der Waals surface area contributed by atoms with Gasteiger partial charge < -0.3 is 4.57 Å². The fraction of sp³-hybridized carbons (Fsp3) is 0.385. The minimum Gasteiger partial charge on any atom is -0.347 e. The number of halogens is 1. The van der Waals surface area contributed by atoms with Gasteiger partial charge in [0.2, 0.25) is 0 Å². The second-order valence-corrected chi connectivity index (χ2v) is 4.83. The maximum absolute atomic E-state index is 6.00. The second-order valence-electron chi connectivity index (χ2n) is 4.39. The van der Waals surface area contributed by atoms with Crippen molar-refractivity contribution in [1.82, 2.24) is 4.57 Å². The summed E-state index contributed by atoms with van der Waals surface area (Å²) in [7, 11) is 0. The van der Waals surface area contributed by atoms with Gasteiger partial charge in [-0.2, -0.15) is 0 Å². The van der Waals surface area contributed by atoms with Crippen LogP contribution < -0.4 is 0 Å². The highest BCUT2D eigenvalue weighted by Crippen LogP contribution is 2.21. The Kier molecular flexibility index (Phi) is 3.01. The van der Waals surface area contributed by atoms with Crippen LogP contribution in [0.2, 0.25) is 5.02 Å². The Morgan fingerprint density at radius 3 is 2.80 bits per heavy atom. The first-order valence-corrected chi connectivity index (χ1v) is 5.79. The second kappa shape index (κ2) is 4.28. The normalized spacial score (nSPS) is 11.5. The minimum absolute atomic E-state index is 0.738. The Morgan fingerprint density at radius 1 is 1.27 bits per heavy atom. The molecule has 0 aliphatic rings. The van der Waals surface area contributed by atoms with Crippen molar-refractivity contribution in [3.05, 3.63) is 35.5 Å². The number of hydrogen-bond acceptors (Lipinski definition) is 0. The van der Waals surface area contributed by atoms with E-state index < -0.39 is 0 Å². The third-order valence-electron chi connectivity index (χ3n) is 2.68. The molecular formula is C13H16ClN. The van der Waals surface area contributed by atoms with Gasteiger partial charge in [0.05, 0.1) is 0 Å². The Balaban J connectivity index is 2.31. The highest BCUT2D eigenvalue weighted by Gasteiger charge is 2.02. The Morgan fingerprint density at radius 2 is 2.07 bits per heavy atom. The summed E-state index contributed by atoms with van der Waals surface area (Å²) < 4.78 is 2.28. The van der Waals surface area contributed by atoms with Crippen LogP contribution in [0.3, 0.4) is 0 Å². The molecule has 1 heterocycles. The summed E-state index contributed by atoms with van der Waals surface area (Å²) in [6.45, 7) is 5.57. The van der Waals surface area contributed by atoms with Gasteiger partial charge in [0.15, 0.2) is 0 Å². The molecular weight excluding hydrogens is 206 g/mol. The third-order valence-corrected chi connectivity index (χ3v) is 2.92. The van der Waals surface area contributed by atoms with Gasteiger partial charge in [-0.05, 0) is 35.9 Å². The van der Waals surface area contributed by atoms with Gasteiger partial charge in [0.25, 0.3) is 0 Å². The molecule has 2 heteroatoms. The number of benzene rings is 1. The predicted octanol–water partition coefficient (Wildman–Crippen LogP) is 4.34. The molecule has 2 aromatic rings. The van der Waals surface area contributed by atoms with Crippen LogP contribution in [-0.2, 0) is 6.54 Å². The zero-order valence-electron chi connectivity index (χ0n) is 9.20. The van der Waals surface area contributed by atoms with E-state index in [1.54, 1.807) is 0 Å². The van der Waals surface area contributed by atoms with Gasteiger partial charge in [0.1, 0.15) is 0 Å². The lowest BCUT2D eigenvalue weighted by Crippen LogP contribution is -1.99. The molecule has 0 aliphatic heterocycles. The zero-order valence-corrected chi connectivity index (χ0v) is 9.96. The van der Waals surface area contributed by atoms with Crippen LogP contribution in [0, 0.1) is 5.92 Å². The molecule has 0 fully saturated rings. The van der Waals surface area contributed by atoms with Crippen LogP contribution in [0.1, 0.15) is 20.3 Å². The summed E-state index contributed by atoms with van der Waals surface area (Å²) in [5.74, 6) is 0.738. The Labute approximate surface area is 95.7 Å². The average Bonchev–Trinajstić information content (AvgIpc) is 2.57. The SMILES string of the molecule is CC(C)CCn1ccc2ccc(Cl)cc21. The Hall–Kier alpha value is -0.950. The number of aromatic nitrogens is 1. The van der Waals surface area contributed by atoms with E-state index in [0.717, 1.165) is 17.5 Å². The van der Waals surface area contributed by atoms with Crippen LogP contribution >= 0.6 is 11.6 Å². The van der Waals surface area contributed by atoms with E-state index in [1.165, 1.54) is 17.3 Å². The molecule has 80 valence electrons. The summed E-state index contributed by atoms with van der Waals surface area (Å²) in [5.41, 5.74) is 1.24. The number of nitrogens with zero attached hydrogens (tertiary/aromatic N) is 1. The summed E-state index contributed by atoms with van der Waals surface area (Å²) in [4.78, 5) is 0.